The van der Waals surface area contributed by atoms with Crippen LogP contribution < -0.4 is 19.9 Å². The van der Waals surface area contributed by atoms with Crippen molar-refractivity contribution in [2.75, 3.05) is 35.4 Å². The third-order valence-electron chi connectivity index (χ3n) is 8.58. The van der Waals surface area contributed by atoms with E-state index in [-0.39, 0.29) is 29.7 Å². The number of carbonyl (C=O) groups is 3. The van der Waals surface area contributed by atoms with E-state index in [0.29, 0.717) is 33.9 Å². The maximum Gasteiger partial charge on any atom is 0.255 e. The number of rotatable bonds is 6. The molecule has 2 aromatic rings. The fourth-order valence-electron chi connectivity index (χ4n) is 6.76. The predicted molar refractivity (Wildman–Crippen MR) is 149 cm³/mol. The third kappa shape index (κ3) is 3.86. The number of allylic oxidation sites excluding steroid dienone is 1. The maximum absolute atomic E-state index is 14.0. The molecular formula is C30H32N2O10. The molecule has 42 heavy (non-hydrogen) atoms. The molecule has 0 fully saturated rings. The number of aliphatic hydroxyl groups excluding tert-OH is 2. The first-order valence-corrected chi connectivity index (χ1v) is 13.1. The molecule has 4 atom stereocenters. The lowest BCUT2D eigenvalue weighted by Crippen LogP contribution is -2.63. The van der Waals surface area contributed by atoms with Gasteiger partial charge in [0, 0.05) is 11.5 Å². The van der Waals surface area contributed by atoms with Crippen LogP contribution in [-0.4, -0.2) is 89.9 Å². The number of phenolic OH excluding ortho intramolecular Hbond substituents is 1. The van der Waals surface area contributed by atoms with Crippen LogP contribution in [0.25, 0.3) is 11.1 Å². The van der Waals surface area contributed by atoms with E-state index in [2.05, 4.69) is 0 Å². The standard InChI is InChI=1S/C30H32N2O10/c1-32(2)23-16-9-13-8-15-14(12-10-18(40-3)26(42-5)19(11-12)41-4)6-7-17(33)21(15)24(34)20(13)27(36)30(16,39)28(37)22(25(23)35)29(31)38/h6-7,10-11,13,16,23,33,35-36,39H,8-9H2,1-5H3,(H2,31,38). The summed E-state index contributed by atoms with van der Waals surface area (Å²) in [5.74, 6) is -5.93. The zero-order valence-electron chi connectivity index (χ0n) is 23.7. The van der Waals surface area contributed by atoms with E-state index in [1.165, 1.54) is 32.3 Å². The number of benzene rings is 2. The topological polar surface area (TPSA) is 189 Å². The number of hydrogen-bond acceptors (Lipinski definition) is 11. The second-order valence-corrected chi connectivity index (χ2v) is 10.9. The molecule has 0 aromatic heterocycles. The molecule has 2 aromatic carbocycles. The second kappa shape index (κ2) is 10.1. The number of aromatic hydroxyl groups is 1. The van der Waals surface area contributed by atoms with E-state index >= 15 is 0 Å². The highest BCUT2D eigenvalue weighted by Gasteiger charge is 2.63. The summed E-state index contributed by atoms with van der Waals surface area (Å²) in [5, 5.41) is 45.0. The predicted octanol–water partition coefficient (Wildman–Crippen LogP) is 1.81. The number of likely N-dealkylation sites (N-methyl/N-ethyl adjacent to an activating group) is 1. The summed E-state index contributed by atoms with van der Waals surface area (Å²) >= 11 is 0. The molecule has 0 bridgehead atoms. The quantitative estimate of drug-likeness (QED) is 0.313. The fourth-order valence-corrected chi connectivity index (χ4v) is 6.76. The Morgan fingerprint density at radius 1 is 1.02 bits per heavy atom. The summed E-state index contributed by atoms with van der Waals surface area (Å²) < 4.78 is 16.4. The fraction of sp³-hybridized carbons (Fsp3) is 0.367. The van der Waals surface area contributed by atoms with Gasteiger partial charge in [-0.1, -0.05) is 6.07 Å². The molecule has 3 aliphatic carbocycles. The van der Waals surface area contributed by atoms with Crippen LogP contribution in [0.2, 0.25) is 0 Å². The largest absolute Gasteiger partial charge is 0.510 e. The van der Waals surface area contributed by atoms with Gasteiger partial charge in [-0.2, -0.15) is 0 Å². The minimum atomic E-state index is -2.70. The Hall–Kier alpha value is -4.55. The van der Waals surface area contributed by atoms with E-state index in [1.54, 1.807) is 32.3 Å². The Labute approximate surface area is 241 Å². The van der Waals surface area contributed by atoms with Crippen molar-refractivity contribution in [3.63, 3.8) is 0 Å². The number of Topliss-reactive ketones (excluding diaryl/α,β-unsaturated/α-hetero) is 2. The molecule has 12 nitrogen and oxygen atoms in total. The van der Waals surface area contributed by atoms with Crippen LogP contribution in [-0.2, 0) is 16.0 Å². The lowest BCUT2D eigenvalue weighted by molar-refractivity contribution is -0.148. The Kier molecular flexibility index (Phi) is 6.94. The van der Waals surface area contributed by atoms with Gasteiger partial charge < -0.3 is 40.4 Å². The average Bonchev–Trinajstić information content (AvgIpc) is 2.93. The zero-order chi connectivity index (χ0) is 30.8. The van der Waals surface area contributed by atoms with Gasteiger partial charge in [0.05, 0.1) is 32.9 Å². The Morgan fingerprint density at radius 2 is 1.64 bits per heavy atom. The van der Waals surface area contributed by atoms with Gasteiger partial charge in [0.25, 0.3) is 5.91 Å². The number of fused-ring (bicyclic) bond motifs is 3. The Balaban J connectivity index is 1.72. The maximum atomic E-state index is 14.0. The van der Waals surface area contributed by atoms with Crippen molar-refractivity contribution in [1.29, 1.82) is 0 Å². The van der Waals surface area contributed by atoms with Crippen molar-refractivity contribution in [3.8, 4) is 34.1 Å². The SMILES string of the molecule is COc1cc(-c2ccc(O)c3c2CC2CC4C(N(C)C)C(O)=C(C(N)=O)C(=O)C4(O)C(O)=C2C3=O)cc(OC)c1OC. The normalized spacial score (nSPS) is 25.2. The number of ether oxygens (including phenoxy) is 3. The molecule has 0 aliphatic heterocycles. The lowest BCUT2D eigenvalue weighted by Gasteiger charge is -2.50. The molecule has 222 valence electrons. The summed E-state index contributed by atoms with van der Waals surface area (Å²) in [6.45, 7) is 0. The first-order chi connectivity index (χ1) is 19.8. The molecule has 0 heterocycles. The highest BCUT2D eigenvalue weighted by Crippen LogP contribution is 2.53. The zero-order valence-corrected chi connectivity index (χ0v) is 23.7. The minimum absolute atomic E-state index is 0.0177. The third-order valence-corrected chi connectivity index (χ3v) is 8.58. The average molecular weight is 581 g/mol. The number of nitrogens with two attached hydrogens (primary N) is 1. The molecule has 12 heteroatoms. The van der Waals surface area contributed by atoms with E-state index < -0.39 is 58.0 Å². The lowest BCUT2D eigenvalue weighted by atomic mass is 9.58. The molecule has 0 saturated carbocycles. The number of carbonyl (C=O) groups excluding carboxylic acids is 3. The van der Waals surface area contributed by atoms with E-state index in [9.17, 15) is 34.8 Å². The number of nitrogens with zero attached hydrogens (tertiary/aromatic N) is 1. The molecule has 3 aliphatic rings. The van der Waals surface area contributed by atoms with Crippen molar-refractivity contribution >= 4 is 17.5 Å². The number of amides is 1. The van der Waals surface area contributed by atoms with Crippen molar-refractivity contribution in [1.82, 2.24) is 4.90 Å². The summed E-state index contributed by atoms with van der Waals surface area (Å²) in [4.78, 5) is 41.1. The van der Waals surface area contributed by atoms with Gasteiger partial charge in [0.1, 0.15) is 22.8 Å². The van der Waals surface area contributed by atoms with Gasteiger partial charge >= 0.3 is 0 Å². The summed E-state index contributed by atoms with van der Waals surface area (Å²) in [5.41, 5.74) is 3.16. The van der Waals surface area contributed by atoms with Crippen molar-refractivity contribution in [2.24, 2.45) is 17.6 Å². The summed E-state index contributed by atoms with van der Waals surface area (Å²) in [7, 11) is 7.57. The molecule has 1 amide bonds. The molecule has 5 rings (SSSR count). The van der Waals surface area contributed by atoms with Crippen LogP contribution in [0.15, 0.2) is 46.9 Å². The van der Waals surface area contributed by atoms with Gasteiger partial charge in [-0.15, -0.1) is 0 Å². The van der Waals surface area contributed by atoms with Gasteiger partial charge in [-0.25, -0.2) is 0 Å². The smallest absolute Gasteiger partial charge is 0.255 e. The van der Waals surface area contributed by atoms with Crippen LogP contribution in [0.3, 0.4) is 0 Å². The second-order valence-electron chi connectivity index (χ2n) is 10.9. The summed E-state index contributed by atoms with van der Waals surface area (Å²) in [6, 6.07) is 5.33. The first kappa shape index (κ1) is 29.0. The first-order valence-electron chi connectivity index (χ1n) is 13.1. The Bertz CT molecular complexity index is 1580. The number of methoxy groups -OCH3 is 3. The van der Waals surface area contributed by atoms with Crippen molar-refractivity contribution < 1.29 is 49.0 Å². The minimum Gasteiger partial charge on any atom is -0.510 e. The number of aliphatic hydroxyl groups is 3. The van der Waals surface area contributed by atoms with Crippen molar-refractivity contribution in [3.05, 3.63) is 58.1 Å². The Morgan fingerprint density at radius 3 is 2.17 bits per heavy atom. The number of primary amides is 1. The summed E-state index contributed by atoms with van der Waals surface area (Å²) in [6.07, 6.45) is 0.116. The molecule has 0 radical (unpaired) electrons. The van der Waals surface area contributed by atoms with E-state index in [1.807, 2.05) is 0 Å². The molecule has 6 N–H and O–H groups in total. The highest BCUT2D eigenvalue weighted by molar-refractivity contribution is 6.24. The van der Waals surface area contributed by atoms with Crippen LogP contribution >= 0.6 is 0 Å². The van der Waals surface area contributed by atoms with Crippen molar-refractivity contribution in [2.45, 2.75) is 24.5 Å². The number of ketones is 2. The van der Waals surface area contributed by atoms with Crippen LogP contribution in [0.4, 0.5) is 0 Å². The van der Waals surface area contributed by atoms with Gasteiger partial charge in [0.15, 0.2) is 22.9 Å². The molecule has 0 saturated heterocycles. The number of phenols is 1. The molecule has 4 unspecified atom stereocenters. The van der Waals surface area contributed by atoms with Crippen LogP contribution in [0.5, 0.6) is 23.0 Å². The number of hydrogen-bond donors (Lipinski definition) is 5. The van der Waals surface area contributed by atoms with E-state index in [0.717, 1.165) is 0 Å². The van der Waals surface area contributed by atoms with Crippen LogP contribution in [0, 0.1) is 11.8 Å². The monoisotopic (exact) mass is 580 g/mol. The van der Waals surface area contributed by atoms with Gasteiger partial charge in [-0.05, 0) is 67.7 Å². The van der Waals surface area contributed by atoms with Crippen LogP contribution in [0.1, 0.15) is 22.3 Å². The van der Waals surface area contributed by atoms with Gasteiger partial charge in [-0.3, -0.25) is 19.3 Å². The highest BCUT2D eigenvalue weighted by atomic mass is 16.5. The molecule has 0 spiro atoms. The van der Waals surface area contributed by atoms with Gasteiger partial charge in [0.2, 0.25) is 11.5 Å². The molecular weight excluding hydrogens is 548 g/mol. The van der Waals surface area contributed by atoms with E-state index in [4.69, 9.17) is 19.9 Å².